The molecule has 1 aliphatic heterocycles. The van der Waals surface area contributed by atoms with Crippen LogP contribution in [0, 0.1) is 0 Å². The molecule has 0 radical (unpaired) electrons. The van der Waals surface area contributed by atoms with E-state index in [0.29, 0.717) is 9.21 Å². The van der Waals surface area contributed by atoms with E-state index in [0.717, 1.165) is 19.5 Å². The Labute approximate surface area is 91.5 Å². The molecular formula is C9H11ClN2OS. The smallest absolute Gasteiger partial charge is 0.261 e. The normalized spacial score (nSPS) is 21.1. The summed E-state index contributed by atoms with van der Waals surface area (Å²) in [6.07, 6.45) is 1.00. The zero-order valence-electron chi connectivity index (χ0n) is 7.55. The van der Waals surface area contributed by atoms with Gasteiger partial charge in [0.2, 0.25) is 0 Å². The summed E-state index contributed by atoms with van der Waals surface area (Å²) in [4.78, 5) is 12.3. The highest BCUT2D eigenvalue weighted by molar-refractivity contribution is 7.17. The fourth-order valence-electron chi connectivity index (χ4n) is 1.47. The zero-order valence-corrected chi connectivity index (χ0v) is 9.12. The Morgan fingerprint density at radius 2 is 2.50 bits per heavy atom. The first-order chi connectivity index (χ1) is 6.75. The number of halogens is 1. The molecule has 0 spiro atoms. The van der Waals surface area contributed by atoms with Gasteiger partial charge in [-0.05, 0) is 25.1 Å². The first kappa shape index (κ1) is 9.96. The Morgan fingerprint density at radius 1 is 1.64 bits per heavy atom. The Morgan fingerprint density at radius 3 is 3.07 bits per heavy atom. The van der Waals surface area contributed by atoms with Crippen LogP contribution in [0.15, 0.2) is 12.1 Å². The second-order valence-electron chi connectivity index (χ2n) is 3.27. The second kappa shape index (κ2) is 4.29. The molecule has 14 heavy (non-hydrogen) atoms. The molecule has 0 aliphatic carbocycles. The van der Waals surface area contributed by atoms with Crippen LogP contribution in [0.5, 0.6) is 0 Å². The van der Waals surface area contributed by atoms with Crippen LogP contribution in [0.3, 0.4) is 0 Å². The lowest BCUT2D eigenvalue weighted by Crippen LogP contribution is -2.35. The molecule has 1 aromatic heterocycles. The number of thiophene rings is 1. The summed E-state index contributed by atoms with van der Waals surface area (Å²) in [7, 11) is 0. The fraction of sp³-hybridized carbons (Fsp3) is 0.444. The third kappa shape index (κ3) is 2.26. The van der Waals surface area contributed by atoms with E-state index >= 15 is 0 Å². The number of carbonyl (C=O) groups excluding carboxylic acids is 1. The van der Waals surface area contributed by atoms with Crippen molar-refractivity contribution < 1.29 is 4.79 Å². The summed E-state index contributed by atoms with van der Waals surface area (Å²) >= 11 is 7.06. The largest absolute Gasteiger partial charge is 0.347 e. The first-order valence-electron chi connectivity index (χ1n) is 4.52. The molecule has 0 aromatic carbocycles. The lowest BCUT2D eigenvalue weighted by molar-refractivity contribution is 0.0944. The van der Waals surface area contributed by atoms with E-state index in [-0.39, 0.29) is 11.9 Å². The number of hydrogen-bond donors (Lipinski definition) is 2. The van der Waals surface area contributed by atoms with Gasteiger partial charge in [-0.3, -0.25) is 4.79 Å². The molecule has 2 N–H and O–H groups in total. The van der Waals surface area contributed by atoms with Crippen molar-refractivity contribution in [3.8, 4) is 0 Å². The minimum absolute atomic E-state index is 0.0180. The SMILES string of the molecule is O=C(NC1CCNC1)c1ccc(Cl)s1. The Balaban J connectivity index is 1.95. The predicted octanol–water partition coefficient (Wildman–Crippen LogP) is 1.49. The van der Waals surface area contributed by atoms with Crippen molar-refractivity contribution in [2.45, 2.75) is 12.5 Å². The maximum atomic E-state index is 11.6. The fourth-order valence-corrected chi connectivity index (χ4v) is 2.42. The molecule has 1 aromatic rings. The number of carbonyl (C=O) groups is 1. The topological polar surface area (TPSA) is 41.1 Å². The highest BCUT2D eigenvalue weighted by atomic mass is 35.5. The molecule has 76 valence electrons. The van der Waals surface area contributed by atoms with Gasteiger partial charge in [0.1, 0.15) is 0 Å². The average molecular weight is 231 g/mol. The molecular weight excluding hydrogens is 220 g/mol. The lowest BCUT2D eigenvalue weighted by atomic mass is 10.2. The Kier molecular flexibility index (Phi) is 3.05. The molecule has 1 aliphatic rings. The second-order valence-corrected chi connectivity index (χ2v) is 4.98. The van der Waals surface area contributed by atoms with E-state index in [1.54, 1.807) is 12.1 Å². The zero-order chi connectivity index (χ0) is 9.97. The van der Waals surface area contributed by atoms with Crippen LogP contribution in [0.2, 0.25) is 4.34 Å². The van der Waals surface area contributed by atoms with Crippen molar-refractivity contribution in [2.24, 2.45) is 0 Å². The molecule has 1 unspecified atom stereocenters. The van der Waals surface area contributed by atoms with Gasteiger partial charge in [0, 0.05) is 12.6 Å². The molecule has 0 bridgehead atoms. The maximum absolute atomic E-state index is 11.6. The molecule has 5 heteroatoms. The van der Waals surface area contributed by atoms with Crippen molar-refractivity contribution in [1.82, 2.24) is 10.6 Å². The van der Waals surface area contributed by atoms with Crippen LogP contribution >= 0.6 is 22.9 Å². The van der Waals surface area contributed by atoms with E-state index in [9.17, 15) is 4.79 Å². The summed E-state index contributed by atoms with van der Waals surface area (Å²) < 4.78 is 0.652. The number of nitrogens with one attached hydrogen (secondary N) is 2. The maximum Gasteiger partial charge on any atom is 0.261 e. The first-order valence-corrected chi connectivity index (χ1v) is 5.72. The standard InChI is InChI=1S/C9H11ClN2OS/c10-8-2-1-7(14-8)9(13)12-6-3-4-11-5-6/h1-2,6,11H,3-5H2,(H,12,13). The molecule has 2 heterocycles. The molecule has 1 amide bonds. The summed E-state index contributed by atoms with van der Waals surface area (Å²) in [6, 6.07) is 3.77. The van der Waals surface area contributed by atoms with E-state index in [1.165, 1.54) is 11.3 Å². The van der Waals surface area contributed by atoms with E-state index < -0.39 is 0 Å². The van der Waals surface area contributed by atoms with Gasteiger partial charge in [-0.1, -0.05) is 11.6 Å². The van der Waals surface area contributed by atoms with Crippen LogP contribution in [0.25, 0.3) is 0 Å². The minimum Gasteiger partial charge on any atom is -0.347 e. The van der Waals surface area contributed by atoms with E-state index in [2.05, 4.69) is 10.6 Å². The highest BCUT2D eigenvalue weighted by Crippen LogP contribution is 2.21. The Hall–Kier alpha value is -0.580. The van der Waals surface area contributed by atoms with Crippen molar-refractivity contribution in [3.63, 3.8) is 0 Å². The van der Waals surface area contributed by atoms with E-state index in [4.69, 9.17) is 11.6 Å². The number of rotatable bonds is 2. The predicted molar refractivity (Wildman–Crippen MR) is 58.1 cm³/mol. The average Bonchev–Trinajstić information content (AvgIpc) is 2.75. The van der Waals surface area contributed by atoms with Crippen LogP contribution < -0.4 is 10.6 Å². The molecule has 3 nitrogen and oxygen atoms in total. The van der Waals surface area contributed by atoms with Gasteiger partial charge >= 0.3 is 0 Å². The van der Waals surface area contributed by atoms with Crippen LogP contribution in [-0.2, 0) is 0 Å². The third-order valence-electron chi connectivity index (χ3n) is 2.19. The molecule has 0 saturated carbocycles. The van der Waals surface area contributed by atoms with Gasteiger partial charge in [0.05, 0.1) is 9.21 Å². The van der Waals surface area contributed by atoms with Crippen LogP contribution in [-0.4, -0.2) is 25.0 Å². The minimum atomic E-state index is -0.0180. The van der Waals surface area contributed by atoms with Crippen molar-refractivity contribution in [2.75, 3.05) is 13.1 Å². The molecule has 1 atom stereocenters. The monoisotopic (exact) mass is 230 g/mol. The molecule has 1 fully saturated rings. The summed E-state index contributed by atoms with van der Waals surface area (Å²) in [5, 5.41) is 6.16. The van der Waals surface area contributed by atoms with Crippen molar-refractivity contribution in [3.05, 3.63) is 21.3 Å². The van der Waals surface area contributed by atoms with Gasteiger partial charge < -0.3 is 10.6 Å². The molecule has 2 rings (SSSR count). The van der Waals surface area contributed by atoms with E-state index in [1.807, 2.05) is 0 Å². The van der Waals surface area contributed by atoms with Gasteiger partial charge in [0.25, 0.3) is 5.91 Å². The Bertz CT molecular complexity index is 333. The van der Waals surface area contributed by atoms with Gasteiger partial charge in [-0.25, -0.2) is 0 Å². The van der Waals surface area contributed by atoms with Crippen LogP contribution in [0.4, 0.5) is 0 Å². The summed E-state index contributed by atoms with van der Waals surface area (Å²) in [5.41, 5.74) is 0. The van der Waals surface area contributed by atoms with Gasteiger partial charge in [0.15, 0.2) is 0 Å². The van der Waals surface area contributed by atoms with Crippen molar-refractivity contribution in [1.29, 1.82) is 0 Å². The van der Waals surface area contributed by atoms with Gasteiger partial charge in [-0.15, -0.1) is 11.3 Å². The quantitative estimate of drug-likeness (QED) is 0.809. The van der Waals surface area contributed by atoms with Crippen molar-refractivity contribution >= 4 is 28.8 Å². The van der Waals surface area contributed by atoms with Gasteiger partial charge in [-0.2, -0.15) is 0 Å². The lowest BCUT2D eigenvalue weighted by Gasteiger charge is -2.09. The number of amides is 1. The summed E-state index contributed by atoms with van der Waals surface area (Å²) in [6.45, 7) is 1.85. The molecule has 1 saturated heterocycles. The number of hydrogen-bond acceptors (Lipinski definition) is 3. The highest BCUT2D eigenvalue weighted by Gasteiger charge is 2.18. The summed E-state index contributed by atoms with van der Waals surface area (Å²) in [5.74, 6) is -0.0180. The third-order valence-corrected chi connectivity index (χ3v) is 3.42. The van der Waals surface area contributed by atoms with Crippen LogP contribution in [0.1, 0.15) is 16.1 Å².